The molecular weight excluding hydrogens is 414 g/mol. The van der Waals surface area contributed by atoms with E-state index in [1.807, 2.05) is 24.3 Å². The van der Waals surface area contributed by atoms with Gasteiger partial charge in [-0.1, -0.05) is 58.0 Å². The Labute approximate surface area is 195 Å². The number of aromatic nitrogens is 4. The number of tetrazole rings is 1. The van der Waals surface area contributed by atoms with E-state index < -0.39 is 0 Å². The first-order valence-corrected chi connectivity index (χ1v) is 11.7. The highest BCUT2D eigenvalue weighted by molar-refractivity contribution is 5.95. The Kier molecular flexibility index (Phi) is 6.91. The van der Waals surface area contributed by atoms with E-state index in [0.717, 1.165) is 54.0 Å². The van der Waals surface area contributed by atoms with Gasteiger partial charge in [-0.25, -0.2) is 9.89 Å². The van der Waals surface area contributed by atoms with Crippen LogP contribution in [-0.2, 0) is 0 Å². The number of urea groups is 1. The third kappa shape index (κ3) is 5.88. The predicted molar refractivity (Wildman–Crippen MR) is 132 cm³/mol. The van der Waals surface area contributed by atoms with Crippen molar-refractivity contribution in [1.82, 2.24) is 25.9 Å². The third-order valence-electron chi connectivity index (χ3n) is 5.51. The van der Waals surface area contributed by atoms with Crippen LogP contribution in [0.25, 0.3) is 22.5 Å². The van der Waals surface area contributed by atoms with Crippen LogP contribution in [0.4, 0.5) is 16.2 Å². The molecule has 0 saturated heterocycles. The molecule has 33 heavy (non-hydrogen) atoms. The van der Waals surface area contributed by atoms with Gasteiger partial charge in [-0.05, 0) is 58.4 Å². The van der Waals surface area contributed by atoms with Gasteiger partial charge in [0.1, 0.15) is 0 Å². The number of amides is 2. The molecule has 8 heteroatoms. The summed E-state index contributed by atoms with van der Waals surface area (Å²) in [5.41, 5.74) is 4.72. The number of anilines is 2. The number of carbonyl (C=O) groups is 1. The van der Waals surface area contributed by atoms with Gasteiger partial charge in [-0.2, -0.15) is 0 Å². The van der Waals surface area contributed by atoms with E-state index in [-0.39, 0.29) is 6.03 Å². The molecule has 0 atom stereocenters. The van der Waals surface area contributed by atoms with Crippen LogP contribution in [0.2, 0.25) is 0 Å². The highest BCUT2D eigenvalue weighted by atomic mass is 16.2. The van der Waals surface area contributed by atoms with Crippen molar-refractivity contribution in [2.45, 2.75) is 46.6 Å². The zero-order valence-electron chi connectivity index (χ0n) is 19.8. The van der Waals surface area contributed by atoms with E-state index in [9.17, 15) is 4.79 Å². The molecule has 0 radical (unpaired) electrons. The molecule has 1 fully saturated rings. The Balaban J connectivity index is 1.74. The highest BCUT2D eigenvalue weighted by Crippen LogP contribution is 2.36. The molecule has 1 aliphatic rings. The number of benzene rings is 2. The second kappa shape index (κ2) is 10.0. The molecule has 1 aliphatic carbocycles. The molecule has 0 bridgehead atoms. The lowest BCUT2D eigenvalue weighted by atomic mass is 9.97. The molecule has 2 amide bonds. The molecule has 2 aromatic carbocycles. The van der Waals surface area contributed by atoms with Crippen LogP contribution in [0.3, 0.4) is 0 Å². The second-order valence-corrected chi connectivity index (χ2v) is 9.59. The molecule has 3 N–H and O–H groups in total. The fraction of sp³-hybridized carbons (Fsp3) is 0.440. The molecular formula is C25H33N7O. The number of hydrogen-bond acceptors (Lipinski definition) is 5. The molecule has 4 rings (SSSR count). The first-order valence-electron chi connectivity index (χ1n) is 11.7. The average Bonchev–Trinajstić information content (AvgIpc) is 3.40. The van der Waals surface area contributed by atoms with Crippen molar-refractivity contribution in [2.75, 3.05) is 23.3 Å². The fourth-order valence-corrected chi connectivity index (χ4v) is 4.02. The average molecular weight is 448 g/mol. The summed E-state index contributed by atoms with van der Waals surface area (Å²) in [4.78, 5) is 15.1. The van der Waals surface area contributed by atoms with Crippen molar-refractivity contribution in [3.63, 3.8) is 0 Å². The summed E-state index contributed by atoms with van der Waals surface area (Å²) in [6, 6.07) is 14.4. The monoisotopic (exact) mass is 447 g/mol. The summed E-state index contributed by atoms with van der Waals surface area (Å²) in [7, 11) is 0. The van der Waals surface area contributed by atoms with Crippen molar-refractivity contribution in [2.24, 2.45) is 11.8 Å². The lowest BCUT2D eigenvalue weighted by Gasteiger charge is -2.31. The summed E-state index contributed by atoms with van der Waals surface area (Å²) in [5.74, 6) is 1.60. The zero-order valence-corrected chi connectivity index (χ0v) is 19.8. The molecule has 1 heterocycles. The van der Waals surface area contributed by atoms with E-state index in [0.29, 0.717) is 23.7 Å². The lowest BCUT2D eigenvalue weighted by Crippen LogP contribution is -2.34. The zero-order chi connectivity index (χ0) is 23.4. The summed E-state index contributed by atoms with van der Waals surface area (Å²) < 4.78 is 0. The molecule has 0 aliphatic heterocycles. The number of hydrogen-bond donors (Lipinski definition) is 3. The number of rotatable bonds is 9. The Morgan fingerprint density at radius 2 is 1.76 bits per heavy atom. The maximum atomic E-state index is 12.7. The molecule has 174 valence electrons. The van der Waals surface area contributed by atoms with E-state index in [1.165, 1.54) is 0 Å². The lowest BCUT2D eigenvalue weighted by molar-refractivity contribution is 0.251. The van der Waals surface area contributed by atoms with Crippen molar-refractivity contribution >= 4 is 17.4 Å². The minimum absolute atomic E-state index is 0.155. The van der Waals surface area contributed by atoms with Crippen molar-refractivity contribution in [1.29, 1.82) is 0 Å². The van der Waals surface area contributed by atoms with Gasteiger partial charge < -0.3 is 15.5 Å². The standard InChI is InChI=1S/C25H33N7O/c1-16(2)14-32(15-17(3)4)23-12-9-18(13-22(23)27-25(33)26-19-10-11-19)20-7-5-6-8-21(20)24-28-30-31-29-24/h5-9,12-13,16-17,19H,10-11,14-15H2,1-4H3,(H2,26,27,33)(H,28,29,30,31). The van der Waals surface area contributed by atoms with Gasteiger partial charge in [0.15, 0.2) is 5.82 Å². The highest BCUT2D eigenvalue weighted by Gasteiger charge is 2.24. The van der Waals surface area contributed by atoms with Gasteiger partial charge in [0.2, 0.25) is 0 Å². The second-order valence-electron chi connectivity index (χ2n) is 9.59. The van der Waals surface area contributed by atoms with Crippen LogP contribution in [0, 0.1) is 11.8 Å². The third-order valence-corrected chi connectivity index (χ3v) is 5.51. The predicted octanol–water partition coefficient (Wildman–Crippen LogP) is 4.94. The largest absolute Gasteiger partial charge is 0.369 e. The molecule has 1 saturated carbocycles. The first kappa shape index (κ1) is 22.8. The van der Waals surface area contributed by atoms with Crippen LogP contribution in [0.15, 0.2) is 42.5 Å². The van der Waals surface area contributed by atoms with Gasteiger partial charge in [0.25, 0.3) is 0 Å². The van der Waals surface area contributed by atoms with E-state index in [2.05, 4.69) is 82.1 Å². The number of carbonyl (C=O) groups excluding carboxylic acids is 1. The Hall–Kier alpha value is -3.42. The van der Waals surface area contributed by atoms with Crippen LogP contribution in [0.1, 0.15) is 40.5 Å². The molecule has 8 nitrogen and oxygen atoms in total. The van der Waals surface area contributed by atoms with Gasteiger partial charge >= 0.3 is 6.03 Å². The summed E-state index contributed by atoms with van der Waals surface area (Å²) in [5, 5.41) is 20.6. The van der Waals surface area contributed by atoms with Gasteiger partial charge in [0.05, 0.1) is 11.4 Å². The number of H-pyrrole nitrogens is 1. The summed E-state index contributed by atoms with van der Waals surface area (Å²) in [6.07, 6.45) is 2.09. The summed E-state index contributed by atoms with van der Waals surface area (Å²) in [6.45, 7) is 10.7. The van der Waals surface area contributed by atoms with Crippen molar-refractivity contribution in [3.8, 4) is 22.5 Å². The van der Waals surface area contributed by atoms with Gasteiger partial charge in [-0.3, -0.25) is 0 Å². The SMILES string of the molecule is CC(C)CN(CC(C)C)c1ccc(-c2ccccc2-c2nnn[nH]2)cc1NC(=O)NC1CC1. The Morgan fingerprint density at radius 3 is 2.36 bits per heavy atom. The minimum Gasteiger partial charge on any atom is -0.369 e. The van der Waals surface area contributed by atoms with Crippen molar-refractivity contribution < 1.29 is 4.79 Å². The number of aromatic amines is 1. The van der Waals surface area contributed by atoms with E-state index in [4.69, 9.17) is 0 Å². The van der Waals surface area contributed by atoms with Crippen LogP contribution in [0.5, 0.6) is 0 Å². The first-order chi connectivity index (χ1) is 15.9. The van der Waals surface area contributed by atoms with Crippen LogP contribution >= 0.6 is 0 Å². The quantitative estimate of drug-likeness (QED) is 0.432. The Bertz CT molecular complexity index is 1060. The van der Waals surface area contributed by atoms with Gasteiger partial charge in [0, 0.05) is 24.7 Å². The van der Waals surface area contributed by atoms with Crippen LogP contribution < -0.4 is 15.5 Å². The smallest absolute Gasteiger partial charge is 0.319 e. The van der Waals surface area contributed by atoms with E-state index >= 15 is 0 Å². The number of nitrogens with zero attached hydrogens (tertiary/aromatic N) is 4. The van der Waals surface area contributed by atoms with Gasteiger partial charge in [-0.15, -0.1) is 5.10 Å². The number of nitrogens with one attached hydrogen (secondary N) is 3. The molecule has 0 spiro atoms. The Morgan fingerprint density at radius 1 is 1.06 bits per heavy atom. The molecule has 1 aromatic heterocycles. The maximum Gasteiger partial charge on any atom is 0.319 e. The normalized spacial score (nSPS) is 13.4. The maximum absolute atomic E-state index is 12.7. The molecule has 3 aromatic rings. The van der Waals surface area contributed by atoms with E-state index in [1.54, 1.807) is 0 Å². The summed E-state index contributed by atoms with van der Waals surface area (Å²) >= 11 is 0. The molecule has 0 unspecified atom stereocenters. The van der Waals surface area contributed by atoms with Crippen LogP contribution in [-0.4, -0.2) is 45.8 Å². The fourth-order valence-electron chi connectivity index (χ4n) is 4.02. The topological polar surface area (TPSA) is 98.8 Å². The minimum atomic E-state index is -0.155. The van der Waals surface area contributed by atoms with Crippen molar-refractivity contribution in [3.05, 3.63) is 42.5 Å².